The van der Waals surface area contributed by atoms with E-state index in [9.17, 15) is 9.59 Å². The van der Waals surface area contributed by atoms with E-state index < -0.39 is 5.97 Å². The van der Waals surface area contributed by atoms with Gasteiger partial charge in [0.05, 0.1) is 29.3 Å². The first kappa shape index (κ1) is 20.1. The largest absolute Gasteiger partial charge is 0.462 e. The van der Waals surface area contributed by atoms with Crippen LogP contribution >= 0.6 is 0 Å². The molecule has 0 saturated carbocycles. The summed E-state index contributed by atoms with van der Waals surface area (Å²) in [6.07, 6.45) is 1.56. The Labute approximate surface area is 168 Å². The number of nitrogens with one attached hydrogen (secondary N) is 1. The summed E-state index contributed by atoms with van der Waals surface area (Å²) < 4.78 is 7.23. The molecule has 1 amide bonds. The van der Waals surface area contributed by atoms with Crippen LogP contribution in [0.15, 0.2) is 48.7 Å². The number of ether oxygens (including phenoxy) is 1. The molecule has 3 N–H and O–H groups in total. The lowest BCUT2D eigenvalue weighted by Crippen LogP contribution is -2.25. The molecular weight excluding hydrogens is 370 g/mol. The number of hydrogen-bond donors (Lipinski definition) is 2. The van der Waals surface area contributed by atoms with Gasteiger partial charge < -0.3 is 20.4 Å². The molecule has 0 atom stereocenters. The molecule has 3 rings (SSSR count). The highest BCUT2D eigenvalue weighted by atomic mass is 16.5. The fourth-order valence-corrected chi connectivity index (χ4v) is 3.13. The molecule has 0 saturated heterocycles. The number of nitrogens with zero attached hydrogens (tertiary/aromatic N) is 3. The number of carbonyl (C=O) groups is 2. The molecule has 2 aromatic heterocycles. The summed E-state index contributed by atoms with van der Waals surface area (Å²) in [6.45, 7) is 4.31. The number of aromatic nitrogens is 3. The van der Waals surface area contributed by atoms with E-state index in [1.54, 1.807) is 25.3 Å². The molecule has 0 unspecified atom stereocenters. The molecule has 8 heteroatoms. The molecule has 29 heavy (non-hydrogen) atoms. The van der Waals surface area contributed by atoms with Gasteiger partial charge in [-0.2, -0.15) is 0 Å². The number of nitrogens with two attached hydrogens (primary N) is 1. The highest BCUT2D eigenvalue weighted by Crippen LogP contribution is 2.33. The van der Waals surface area contributed by atoms with E-state index >= 15 is 0 Å². The van der Waals surface area contributed by atoms with Gasteiger partial charge in [-0.25, -0.2) is 14.8 Å². The van der Waals surface area contributed by atoms with Gasteiger partial charge >= 0.3 is 5.97 Å². The zero-order chi connectivity index (χ0) is 20.8. The lowest BCUT2D eigenvalue weighted by Gasteiger charge is -2.15. The van der Waals surface area contributed by atoms with Gasteiger partial charge in [0.25, 0.3) is 0 Å². The number of rotatable bonds is 7. The number of hydrogen-bond acceptors (Lipinski definition) is 6. The Morgan fingerprint density at radius 3 is 2.62 bits per heavy atom. The van der Waals surface area contributed by atoms with E-state index in [2.05, 4.69) is 15.3 Å². The lowest BCUT2D eigenvalue weighted by molar-refractivity contribution is -0.118. The van der Waals surface area contributed by atoms with E-state index in [1.807, 2.05) is 34.9 Å². The van der Waals surface area contributed by atoms with Crippen LogP contribution in [0.2, 0.25) is 0 Å². The van der Waals surface area contributed by atoms with Crippen LogP contribution in [0.1, 0.15) is 24.2 Å². The van der Waals surface area contributed by atoms with E-state index in [-0.39, 0.29) is 18.5 Å². The Morgan fingerprint density at radius 1 is 1.21 bits per heavy atom. The van der Waals surface area contributed by atoms with Crippen LogP contribution < -0.4 is 11.1 Å². The highest BCUT2D eigenvalue weighted by molar-refractivity contribution is 5.98. The van der Waals surface area contributed by atoms with Gasteiger partial charge in [0.2, 0.25) is 11.9 Å². The predicted octanol–water partition coefficient (Wildman–Crippen LogP) is 2.51. The second-order valence-electron chi connectivity index (χ2n) is 6.31. The summed E-state index contributed by atoms with van der Waals surface area (Å²) in [7, 11) is 0. The van der Waals surface area contributed by atoms with Crippen molar-refractivity contribution in [1.29, 1.82) is 0 Å². The van der Waals surface area contributed by atoms with Gasteiger partial charge in [0.15, 0.2) is 0 Å². The molecule has 0 spiro atoms. The van der Waals surface area contributed by atoms with Gasteiger partial charge in [0.1, 0.15) is 0 Å². The van der Waals surface area contributed by atoms with Crippen molar-refractivity contribution in [2.24, 2.45) is 0 Å². The maximum atomic E-state index is 12.7. The van der Waals surface area contributed by atoms with Crippen LogP contribution in [0.25, 0.3) is 22.6 Å². The smallest absolute Gasteiger partial charge is 0.340 e. The van der Waals surface area contributed by atoms with Gasteiger partial charge in [-0.05, 0) is 24.6 Å². The third-order valence-electron chi connectivity index (χ3n) is 4.29. The molecule has 2 heterocycles. The Morgan fingerprint density at radius 2 is 1.97 bits per heavy atom. The van der Waals surface area contributed by atoms with E-state index in [0.29, 0.717) is 35.7 Å². The van der Waals surface area contributed by atoms with Crippen molar-refractivity contribution >= 4 is 17.8 Å². The Hall–Kier alpha value is -3.68. The second kappa shape index (κ2) is 9.01. The van der Waals surface area contributed by atoms with Gasteiger partial charge in [0, 0.05) is 26.2 Å². The van der Waals surface area contributed by atoms with E-state index in [1.165, 1.54) is 6.92 Å². The average molecular weight is 393 g/mol. The Bertz CT molecular complexity index is 1010. The minimum Gasteiger partial charge on any atom is -0.462 e. The first-order valence-electron chi connectivity index (χ1n) is 9.30. The fourth-order valence-electron chi connectivity index (χ4n) is 3.13. The minimum atomic E-state index is -0.423. The van der Waals surface area contributed by atoms with Crippen LogP contribution in [0.3, 0.4) is 0 Å². The zero-order valence-electron chi connectivity index (χ0n) is 16.4. The van der Waals surface area contributed by atoms with Crippen LogP contribution in [-0.4, -0.2) is 39.6 Å². The molecular formula is C21H23N5O3. The van der Waals surface area contributed by atoms with Crippen molar-refractivity contribution in [3.8, 4) is 22.6 Å². The first-order chi connectivity index (χ1) is 14.0. The molecule has 0 radical (unpaired) electrons. The number of benzene rings is 1. The molecule has 8 nitrogen and oxygen atoms in total. The third kappa shape index (κ3) is 4.60. The molecule has 3 aromatic rings. The number of nitrogen functional groups attached to an aromatic ring is 1. The van der Waals surface area contributed by atoms with Crippen LogP contribution in [0, 0.1) is 0 Å². The van der Waals surface area contributed by atoms with Crippen molar-refractivity contribution in [1.82, 2.24) is 19.9 Å². The van der Waals surface area contributed by atoms with Crippen molar-refractivity contribution < 1.29 is 14.3 Å². The summed E-state index contributed by atoms with van der Waals surface area (Å²) >= 11 is 0. The monoisotopic (exact) mass is 393 g/mol. The topological polar surface area (TPSA) is 112 Å². The maximum absolute atomic E-state index is 12.7. The first-order valence-corrected chi connectivity index (χ1v) is 9.30. The highest BCUT2D eigenvalue weighted by Gasteiger charge is 2.24. The van der Waals surface area contributed by atoms with Gasteiger partial charge in [-0.1, -0.05) is 30.3 Å². The second-order valence-corrected chi connectivity index (χ2v) is 6.31. The quantitative estimate of drug-likeness (QED) is 0.597. The number of anilines is 1. The maximum Gasteiger partial charge on any atom is 0.340 e. The number of amides is 1. The molecule has 150 valence electrons. The molecule has 0 fully saturated rings. The summed E-state index contributed by atoms with van der Waals surface area (Å²) in [5.74, 6) is -0.416. The molecule has 1 aromatic carbocycles. The standard InChI is InChI=1S/C21H23N5O3/c1-3-29-20(28)16-13-18(17-9-10-24-21(22)25-17)26(12-11-23-14(2)27)19(16)15-7-5-4-6-8-15/h4-10,13H,3,11-12H2,1-2H3,(H,23,27)(H2,22,24,25). The summed E-state index contributed by atoms with van der Waals surface area (Å²) in [6, 6.07) is 13.0. The van der Waals surface area contributed by atoms with Gasteiger partial charge in [-0.3, -0.25) is 4.79 Å². The van der Waals surface area contributed by atoms with Crippen molar-refractivity contribution in [3.63, 3.8) is 0 Å². The normalized spacial score (nSPS) is 10.6. The molecule has 0 aliphatic rings. The van der Waals surface area contributed by atoms with Crippen molar-refractivity contribution in [2.75, 3.05) is 18.9 Å². The van der Waals surface area contributed by atoms with Crippen LogP contribution in [0.4, 0.5) is 5.95 Å². The van der Waals surface area contributed by atoms with Crippen LogP contribution in [-0.2, 0) is 16.1 Å². The van der Waals surface area contributed by atoms with E-state index in [0.717, 1.165) is 5.56 Å². The van der Waals surface area contributed by atoms with E-state index in [4.69, 9.17) is 10.5 Å². The molecule has 0 aliphatic carbocycles. The zero-order valence-corrected chi connectivity index (χ0v) is 16.4. The van der Waals surface area contributed by atoms with Crippen molar-refractivity contribution in [2.45, 2.75) is 20.4 Å². The number of esters is 1. The summed E-state index contributed by atoms with van der Waals surface area (Å²) in [5, 5.41) is 2.79. The molecule has 0 aliphatic heterocycles. The summed E-state index contributed by atoms with van der Waals surface area (Å²) in [4.78, 5) is 32.3. The van der Waals surface area contributed by atoms with Gasteiger partial charge in [-0.15, -0.1) is 0 Å². The Kier molecular flexibility index (Phi) is 6.23. The average Bonchev–Trinajstić information content (AvgIpc) is 3.08. The minimum absolute atomic E-state index is 0.128. The van der Waals surface area contributed by atoms with Crippen molar-refractivity contribution in [3.05, 3.63) is 54.2 Å². The number of carbonyl (C=O) groups excluding carboxylic acids is 2. The fraction of sp³-hybridized carbons (Fsp3) is 0.238. The molecule has 0 bridgehead atoms. The Balaban J connectivity index is 2.21. The third-order valence-corrected chi connectivity index (χ3v) is 4.29. The summed E-state index contributed by atoms with van der Waals surface area (Å²) in [5.41, 5.74) is 9.01. The van der Waals surface area contributed by atoms with Crippen LogP contribution in [0.5, 0.6) is 0 Å². The SMILES string of the molecule is CCOC(=O)c1cc(-c2ccnc(N)n2)n(CCNC(C)=O)c1-c1ccccc1. The lowest BCUT2D eigenvalue weighted by atomic mass is 10.1. The predicted molar refractivity (Wildman–Crippen MR) is 110 cm³/mol.